The topological polar surface area (TPSA) is 40.5 Å². The molecule has 2 rings (SSSR count). The molecule has 0 atom stereocenters. The lowest BCUT2D eigenvalue weighted by Gasteiger charge is -2.52. The molecular weight excluding hydrogens is 164 g/mol. The molecule has 2 fully saturated rings. The smallest absolute Gasteiger partial charge is 0.0725 e. The Labute approximate surface area is 80.0 Å². The molecule has 0 aliphatic heterocycles. The second-order valence-corrected chi connectivity index (χ2v) is 4.88. The van der Waals surface area contributed by atoms with Crippen LogP contribution in [-0.2, 0) is 0 Å². The van der Waals surface area contributed by atoms with Crippen LogP contribution in [0.15, 0.2) is 0 Å². The summed E-state index contributed by atoms with van der Waals surface area (Å²) >= 11 is 0. The van der Waals surface area contributed by atoms with Gasteiger partial charge in [0.15, 0.2) is 0 Å². The number of hydrogen-bond acceptors (Lipinski definition) is 2. The van der Waals surface area contributed by atoms with E-state index in [1.54, 1.807) is 0 Å². The maximum absolute atomic E-state index is 10.5. The zero-order chi connectivity index (χ0) is 9.36. The molecule has 0 heterocycles. The van der Waals surface area contributed by atoms with E-state index in [0.29, 0.717) is 0 Å². The lowest BCUT2D eigenvalue weighted by Crippen LogP contribution is -2.54. The Kier molecular flexibility index (Phi) is 2.37. The zero-order valence-corrected chi connectivity index (χ0v) is 8.26. The van der Waals surface area contributed by atoms with Gasteiger partial charge in [0, 0.05) is 5.41 Å². The fraction of sp³-hybridized carbons (Fsp3) is 1.00. The van der Waals surface area contributed by atoms with Crippen molar-refractivity contribution in [3.63, 3.8) is 0 Å². The van der Waals surface area contributed by atoms with Crippen LogP contribution < -0.4 is 0 Å². The first-order valence-corrected chi connectivity index (χ1v) is 5.56. The van der Waals surface area contributed by atoms with E-state index in [4.69, 9.17) is 0 Å². The summed E-state index contributed by atoms with van der Waals surface area (Å²) in [5.41, 5.74) is -0.665. The minimum atomic E-state index is -0.530. The molecule has 2 heteroatoms. The first-order chi connectivity index (χ1) is 6.22. The largest absolute Gasteiger partial charge is 0.396 e. The highest BCUT2D eigenvalue weighted by molar-refractivity contribution is 5.03. The number of aliphatic hydroxyl groups is 2. The third-order valence-corrected chi connectivity index (χ3v) is 4.28. The van der Waals surface area contributed by atoms with Crippen LogP contribution in [0.1, 0.15) is 51.4 Å². The van der Waals surface area contributed by atoms with E-state index in [2.05, 4.69) is 0 Å². The van der Waals surface area contributed by atoms with Crippen molar-refractivity contribution in [1.29, 1.82) is 0 Å². The van der Waals surface area contributed by atoms with Gasteiger partial charge in [-0.3, -0.25) is 0 Å². The van der Waals surface area contributed by atoms with E-state index in [0.717, 1.165) is 38.5 Å². The molecule has 2 aliphatic rings. The van der Waals surface area contributed by atoms with E-state index >= 15 is 0 Å². The van der Waals surface area contributed by atoms with Crippen LogP contribution in [0.2, 0.25) is 0 Å². The average molecular weight is 184 g/mol. The summed E-state index contributed by atoms with van der Waals surface area (Å²) in [4.78, 5) is 0. The molecule has 2 saturated carbocycles. The third kappa shape index (κ3) is 1.31. The van der Waals surface area contributed by atoms with Gasteiger partial charge in [0.25, 0.3) is 0 Å². The van der Waals surface area contributed by atoms with Crippen LogP contribution in [0.5, 0.6) is 0 Å². The molecule has 0 unspecified atom stereocenters. The molecule has 0 amide bonds. The summed E-state index contributed by atoms with van der Waals surface area (Å²) in [6.07, 6.45) is 8.52. The summed E-state index contributed by atoms with van der Waals surface area (Å²) in [6, 6.07) is 0. The van der Waals surface area contributed by atoms with Gasteiger partial charge in [0.1, 0.15) is 0 Å². The lowest BCUT2D eigenvalue weighted by atomic mass is 9.57. The number of aliphatic hydroxyl groups excluding tert-OH is 1. The fourth-order valence-corrected chi connectivity index (χ4v) is 3.31. The zero-order valence-electron chi connectivity index (χ0n) is 8.26. The van der Waals surface area contributed by atoms with Crippen molar-refractivity contribution in [3.8, 4) is 0 Å². The van der Waals surface area contributed by atoms with Crippen LogP contribution in [-0.4, -0.2) is 22.4 Å². The van der Waals surface area contributed by atoms with Gasteiger partial charge in [-0.2, -0.15) is 0 Å². The van der Waals surface area contributed by atoms with Crippen LogP contribution in [0.3, 0.4) is 0 Å². The third-order valence-electron chi connectivity index (χ3n) is 4.28. The van der Waals surface area contributed by atoms with Crippen LogP contribution in [0.4, 0.5) is 0 Å². The van der Waals surface area contributed by atoms with Crippen molar-refractivity contribution in [2.24, 2.45) is 5.41 Å². The summed E-state index contributed by atoms with van der Waals surface area (Å²) < 4.78 is 0. The molecule has 2 nitrogen and oxygen atoms in total. The molecule has 0 aromatic heterocycles. The second kappa shape index (κ2) is 3.25. The fourth-order valence-electron chi connectivity index (χ4n) is 3.31. The van der Waals surface area contributed by atoms with E-state index in [1.807, 2.05) is 0 Å². The Hall–Kier alpha value is -0.0800. The van der Waals surface area contributed by atoms with Crippen molar-refractivity contribution in [2.45, 2.75) is 57.0 Å². The first kappa shape index (κ1) is 9.47. The maximum Gasteiger partial charge on any atom is 0.0725 e. The Morgan fingerprint density at radius 1 is 0.846 bits per heavy atom. The molecule has 0 bridgehead atoms. The monoisotopic (exact) mass is 184 g/mol. The molecule has 0 radical (unpaired) electrons. The standard InChI is InChI=1S/C11H20O2/c12-9-10-5-1-3-7-11(10,13)8-4-2-6-10/h12-13H,1-9H2. The van der Waals surface area contributed by atoms with Crippen LogP contribution in [0, 0.1) is 5.41 Å². The number of hydrogen-bond donors (Lipinski definition) is 2. The summed E-state index contributed by atoms with van der Waals surface area (Å²) in [5.74, 6) is 0. The molecule has 0 saturated heterocycles. The van der Waals surface area contributed by atoms with E-state index < -0.39 is 5.60 Å². The van der Waals surface area contributed by atoms with Gasteiger partial charge in [-0.25, -0.2) is 0 Å². The molecule has 0 spiro atoms. The summed E-state index contributed by atoms with van der Waals surface area (Å²) in [7, 11) is 0. The van der Waals surface area contributed by atoms with E-state index in [1.165, 1.54) is 12.8 Å². The Balaban J connectivity index is 2.23. The number of fused-ring (bicyclic) bond motifs is 1. The quantitative estimate of drug-likeness (QED) is 0.653. The van der Waals surface area contributed by atoms with Crippen LogP contribution >= 0.6 is 0 Å². The Morgan fingerprint density at radius 2 is 1.31 bits per heavy atom. The Bertz CT molecular complexity index is 177. The van der Waals surface area contributed by atoms with E-state index in [-0.39, 0.29) is 12.0 Å². The minimum Gasteiger partial charge on any atom is -0.396 e. The normalized spacial score (nSPS) is 45.7. The highest BCUT2D eigenvalue weighted by Gasteiger charge is 2.52. The SMILES string of the molecule is OCC12CCCCC1(O)CCCC2. The number of rotatable bonds is 1. The summed E-state index contributed by atoms with van der Waals surface area (Å²) in [6.45, 7) is 0.184. The van der Waals surface area contributed by atoms with Gasteiger partial charge < -0.3 is 10.2 Å². The van der Waals surface area contributed by atoms with Crippen molar-refractivity contribution in [3.05, 3.63) is 0 Å². The molecule has 2 aliphatic carbocycles. The molecule has 0 aromatic rings. The molecule has 0 aromatic carbocycles. The Morgan fingerprint density at radius 3 is 1.69 bits per heavy atom. The first-order valence-electron chi connectivity index (χ1n) is 5.56. The molecule has 13 heavy (non-hydrogen) atoms. The maximum atomic E-state index is 10.5. The predicted octanol–water partition coefficient (Wildman–Crippen LogP) is 1.84. The van der Waals surface area contributed by atoms with Gasteiger partial charge in [0.05, 0.1) is 12.2 Å². The van der Waals surface area contributed by atoms with E-state index in [9.17, 15) is 10.2 Å². The molecule has 76 valence electrons. The highest BCUT2D eigenvalue weighted by atomic mass is 16.3. The predicted molar refractivity (Wildman–Crippen MR) is 51.4 cm³/mol. The van der Waals surface area contributed by atoms with Gasteiger partial charge in [-0.05, 0) is 25.7 Å². The highest BCUT2D eigenvalue weighted by Crippen LogP contribution is 2.52. The van der Waals surface area contributed by atoms with Crippen molar-refractivity contribution in [1.82, 2.24) is 0 Å². The lowest BCUT2D eigenvalue weighted by molar-refractivity contribution is -0.160. The minimum absolute atomic E-state index is 0.135. The summed E-state index contributed by atoms with van der Waals surface area (Å²) in [5, 5.41) is 20.0. The van der Waals surface area contributed by atoms with Gasteiger partial charge in [-0.1, -0.05) is 25.7 Å². The molecule has 2 N–H and O–H groups in total. The average Bonchev–Trinajstić information content (AvgIpc) is 2.17. The molecular formula is C11H20O2. The van der Waals surface area contributed by atoms with Crippen LogP contribution in [0.25, 0.3) is 0 Å². The second-order valence-electron chi connectivity index (χ2n) is 4.88. The van der Waals surface area contributed by atoms with Gasteiger partial charge in [0.2, 0.25) is 0 Å². The van der Waals surface area contributed by atoms with Crippen molar-refractivity contribution >= 4 is 0 Å². The van der Waals surface area contributed by atoms with Gasteiger partial charge >= 0.3 is 0 Å². The van der Waals surface area contributed by atoms with Crippen molar-refractivity contribution in [2.75, 3.05) is 6.61 Å². The van der Waals surface area contributed by atoms with Crippen molar-refractivity contribution < 1.29 is 10.2 Å². The van der Waals surface area contributed by atoms with Gasteiger partial charge in [-0.15, -0.1) is 0 Å².